The van der Waals surface area contributed by atoms with E-state index in [1.54, 1.807) is 12.1 Å². The number of benzene rings is 1. The molecule has 1 aromatic carbocycles. The van der Waals surface area contributed by atoms with Crippen LogP contribution in [0, 0.1) is 5.92 Å². The zero-order valence-corrected chi connectivity index (χ0v) is 15.4. The lowest BCUT2D eigenvalue weighted by Crippen LogP contribution is -2.30. The zero-order chi connectivity index (χ0) is 17.6. The number of hydrogen-bond donors (Lipinski definition) is 2. The molecule has 2 N–H and O–H groups in total. The molecule has 1 fully saturated rings. The van der Waals surface area contributed by atoms with E-state index in [4.69, 9.17) is 0 Å². The maximum absolute atomic E-state index is 12.3. The first-order valence-electron chi connectivity index (χ1n) is 8.86. The van der Waals surface area contributed by atoms with Gasteiger partial charge in [0.2, 0.25) is 10.0 Å². The van der Waals surface area contributed by atoms with E-state index in [9.17, 15) is 13.2 Å². The lowest BCUT2D eigenvalue weighted by atomic mass is 9.99. The number of amides is 1. The Kier molecular flexibility index (Phi) is 6.80. The van der Waals surface area contributed by atoms with Crippen LogP contribution in [0.1, 0.15) is 62.7 Å². The first-order valence-corrected chi connectivity index (χ1v) is 10.3. The lowest BCUT2D eigenvalue weighted by Gasteiger charge is -2.15. The minimum Gasteiger partial charge on any atom is -0.352 e. The predicted molar refractivity (Wildman–Crippen MR) is 95.4 cm³/mol. The normalized spacial score (nSPS) is 15.9. The summed E-state index contributed by atoms with van der Waals surface area (Å²) >= 11 is 0. The van der Waals surface area contributed by atoms with Crippen molar-refractivity contribution in [3.63, 3.8) is 0 Å². The van der Waals surface area contributed by atoms with Gasteiger partial charge in [0.05, 0.1) is 4.90 Å². The predicted octanol–water partition coefficient (Wildman–Crippen LogP) is 3.07. The third kappa shape index (κ3) is 5.60. The van der Waals surface area contributed by atoms with Gasteiger partial charge in [-0.15, -0.1) is 0 Å². The molecule has 1 saturated carbocycles. The van der Waals surface area contributed by atoms with Crippen LogP contribution in [0.5, 0.6) is 0 Å². The molecule has 5 nitrogen and oxygen atoms in total. The molecule has 24 heavy (non-hydrogen) atoms. The van der Waals surface area contributed by atoms with Crippen LogP contribution in [0.2, 0.25) is 0 Å². The third-order valence-corrected chi connectivity index (χ3v) is 5.92. The highest BCUT2D eigenvalue weighted by atomic mass is 32.2. The fraction of sp³-hybridized carbons (Fsp3) is 0.611. The van der Waals surface area contributed by atoms with Crippen molar-refractivity contribution in [1.29, 1.82) is 0 Å². The molecule has 0 heterocycles. The third-order valence-electron chi connectivity index (χ3n) is 4.40. The van der Waals surface area contributed by atoms with Crippen LogP contribution in [0.25, 0.3) is 0 Å². The Bertz CT molecular complexity index is 654. The second kappa shape index (κ2) is 8.62. The molecular weight excluding hydrogens is 324 g/mol. The van der Waals surface area contributed by atoms with Crippen molar-refractivity contribution in [2.24, 2.45) is 5.92 Å². The highest BCUT2D eigenvalue weighted by molar-refractivity contribution is 7.89. The Morgan fingerprint density at radius 3 is 2.67 bits per heavy atom. The van der Waals surface area contributed by atoms with Gasteiger partial charge in [-0.05, 0) is 43.4 Å². The molecule has 6 heteroatoms. The molecule has 0 saturated heterocycles. The van der Waals surface area contributed by atoms with Gasteiger partial charge in [0.25, 0.3) is 5.91 Å². The van der Waals surface area contributed by atoms with Gasteiger partial charge in [0.15, 0.2) is 0 Å². The van der Waals surface area contributed by atoms with Crippen molar-refractivity contribution in [3.8, 4) is 0 Å². The minimum atomic E-state index is -3.53. The molecule has 0 radical (unpaired) electrons. The Morgan fingerprint density at radius 2 is 2.04 bits per heavy atom. The summed E-state index contributed by atoms with van der Waals surface area (Å²) in [5, 5.41) is 2.94. The van der Waals surface area contributed by atoms with Crippen LogP contribution < -0.4 is 10.0 Å². The average Bonchev–Trinajstić information content (AvgIpc) is 3.38. The number of nitrogens with one attached hydrogen (secondary N) is 2. The van der Waals surface area contributed by atoms with Crippen molar-refractivity contribution in [2.75, 3.05) is 6.54 Å². The van der Waals surface area contributed by atoms with Gasteiger partial charge in [-0.2, -0.15) is 0 Å². The van der Waals surface area contributed by atoms with Gasteiger partial charge in [-0.3, -0.25) is 4.79 Å². The SMILES string of the molecule is CCCCC(CC)CNC(=O)c1cccc(S(=O)(=O)NC2CC2)c1. The Balaban J connectivity index is 1.98. The van der Waals surface area contributed by atoms with Crippen molar-refractivity contribution < 1.29 is 13.2 Å². The average molecular weight is 353 g/mol. The number of carbonyl (C=O) groups excluding carboxylic acids is 1. The number of rotatable bonds is 10. The van der Waals surface area contributed by atoms with E-state index in [1.807, 2.05) is 0 Å². The van der Waals surface area contributed by atoms with Crippen LogP contribution in [0.3, 0.4) is 0 Å². The molecule has 0 bridgehead atoms. The highest BCUT2D eigenvalue weighted by Crippen LogP contribution is 2.22. The second-order valence-corrected chi connectivity index (χ2v) is 8.26. The fourth-order valence-corrected chi connectivity index (χ4v) is 3.93. The van der Waals surface area contributed by atoms with E-state index in [0.29, 0.717) is 18.0 Å². The topological polar surface area (TPSA) is 75.3 Å². The molecule has 2 rings (SSSR count). The first-order chi connectivity index (χ1) is 11.5. The molecule has 1 amide bonds. The van der Waals surface area contributed by atoms with E-state index in [2.05, 4.69) is 23.9 Å². The van der Waals surface area contributed by atoms with Crippen molar-refractivity contribution in [1.82, 2.24) is 10.0 Å². The van der Waals surface area contributed by atoms with Crippen molar-refractivity contribution in [2.45, 2.75) is 63.3 Å². The Labute approximate surface area is 145 Å². The largest absolute Gasteiger partial charge is 0.352 e. The summed E-state index contributed by atoms with van der Waals surface area (Å²) in [5.41, 5.74) is 0.388. The summed E-state index contributed by atoms with van der Waals surface area (Å²) < 4.78 is 27.1. The molecule has 0 aliphatic heterocycles. The van der Waals surface area contributed by atoms with Crippen molar-refractivity contribution >= 4 is 15.9 Å². The van der Waals surface area contributed by atoms with Gasteiger partial charge >= 0.3 is 0 Å². The molecular formula is C18H28N2O3S. The minimum absolute atomic E-state index is 0.0522. The Hall–Kier alpha value is -1.40. The molecule has 1 aliphatic carbocycles. The van der Waals surface area contributed by atoms with Crippen LogP contribution in [-0.4, -0.2) is 26.9 Å². The smallest absolute Gasteiger partial charge is 0.251 e. The number of unbranched alkanes of at least 4 members (excludes halogenated alkanes) is 1. The molecule has 134 valence electrons. The quantitative estimate of drug-likeness (QED) is 0.679. The molecule has 1 aliphatic rings. The summed E-state index contributed by atoms with van der Waals surface area (Å²) in [6.45, 7) is 4.92. The molecule has 1 unspecified atom stereocenters. The van der Waals surface area contributed by atoms with E-state index < -0.39 is 10.0 Å². The van der Waals surface area contributed by atoms with Gasteiger partial charge in [0, 0.05) is 18.2 Å². The zero-order valence-electron chi connectivity index (χ0n) is 14.5. The number of carbonyl (C=O) groups is 1. The van der Waals surface area contributed by atoms with Gasteiger partial charge in [-0.1, -0.05) is 39.2 Å². The van der Waals surface area contributed by atoms with Gasteiger partial charge in [-0.25, -0.2) is 13.1 Å². The van der Waals surface area contributed by atoms with E-state index >= 15 is 0 Å². The fourth-order valence-electron chi connectivity index (χ4n) is 2.58. The summed E-state index contributed by atoms with van der Waals surface area (Å²) in [6, 6.07) is 6.30. The molecule has 1 atom stereocenters. The maximum Gasteiger partial charge on any atom is 0.251 e. The summed E-state index contributed by atoms with van der Waals surface area (Å²) in [7, 11) is -3.53. The number of sulfonamides is 1. The number of hydrogen-bond acceptors (Lipinski definition) is 3. The summed E-state index contributed by atoms with van der Waals surface area (Å²) in [4.78, 5) is 12.5. The monoisotopic (exact) mass is 352 g/mol. The maximum atomic E-state index is 12.3. The summed E-state index contributed by atoms with van der Waals surface area (Å²) in [6.07, 6.45) is 6.21. The van der Waals surface area contributed by atoms with E-state index in [-0.39, 0.29) is 16.8 Å². The van der Waals surface area contributed by atoms with Crippen LogP contribution in [-0.2, 0) is 10.0 Å². The van der Waals surface area contributed by atoms with Crippen LogP contribution in [0.15, 0.2) is 29.2 Å². The molecule has 0 aromatic heterocycles. The summed E-state index contributed by atoms with van der Waals surface area (Å²) in [5.74, 6) is 0.255. The van der Waals surface area contributed by atoms with Gasteiger partial charge < -0.3 is 5.32 Å². The highest BCUT2D eigenvalue weighted by Gasteiger charge is 2.28. The van der Waals surface area contributed by atoms with Crippen molar-refractivity contribution in [3.05, 3.63) is 29.8 Å². The van der Waals surface area contributed by atoms with E-state index in [1.165, 1.54) is 12.1 Å². The second-order valence-electron chi connectivity index (χ2n) is 6.55. The van der Waals surface area contributed by atoms with Crippen LogP contribution >= 0.6 is 0 Å². The lowest BCUT2D eigenvalue weighted by molar-refractivity contribution is 0.0945. The molecule has 1 aromatic rings. The Morgan fingerprint density at radius 1 is 1.29 bits per heavy atom. The van der Waals surface area contributed by atoms with Crippen LogP contribution in [0.4, 0.5) is 0 Å². The molecule has 0 spiro atoms. The standard InChI is InChI=1S/C18H28N2O3S/c1-3-5-7-14(4-2)13-19-18(21)15-8-6-9-17(12-15)24(22,23)20-16-10-11-16/h6,8-9,12,14,16,20H,3-5,7,10-11,13H2,1-2H3,(H,19,21). The van der Waals surface area contributed by atoms with Gasteiger partial charge in [0.1, 0.15) is 0 Å². The first kappa shape index (κ1) is 18.9. The van der Waals surface area contributed by atoms with E-state index in [0.717, 1.165) is 38.5 Å².